The first-order valence-corrected chi connectivity index (χ1v) is 6.08. The van der Waals surface area contributed by atoms with Gasteiger partial charge in [-0.25, -0.2) is 0 Å². The number of fused-ring (bicyclic) bond motifs is 1. The van der Waals surface area contributed by atoms with Crippen molar-refractivity contribution in [1.82, 2.24) is 5.32 Å². The first-order valence-electron chi connectivity index (χ1n) is 6.20. The second-order valence-electron chi connectivity index (χ2n) is 3.68. The Hall–Kier alpha value is -0.770. The van der Waals surface area contributed by atoms with Crippen LogP contribution < -0.4 is 10.2 Å². The molecule has 0 radical (unpaired) electrons. The Morgan fingerprint density at radius 2 is 2.12 bits per heavy atom. The number of anilines is 1. The van der Waals surface area contributed by atoms with Crippen LogP contribution in [-0.4, -0.2) is 26.2 Å². The molecule has 1 aliphatic rings. The molecule has 1 saturated heterocycles. The van der Waals surface area contributed by atoms with E-state index in [1.54, 1.807) is 17.4 Å². The number of halogens is 1. The molecule has 86 valence electrons. The average Bonchev–Trinajstić information content (AvgIpc) is 2.79. The molecule has 0 spiro atoms. The van der Waals surface area contributed by atoms with Crippen LogP contribution in [0.4, 0.5) is 5.69 Å². The molecular formula is C12H15ClN2S. The van der Waals surface area contributed by atoms with Crippen molar-refractivity contribution in [2.45, 2.75) is 0 Å². The van der Waals surface area contributed by atoms with E-state index >= 15 is 0 Å². The van der Waals surface area contributed by atoms with Crippen LogP contribution in [0.2, 0.25) is 0 Å². The highest BCUT2D eigenvalue weighted by Gasteiger charge is 2.12. The highest BCUT2D eigenvalue weighted by Crippen LogP contribution is 2.30. The number of rotatable bonds is 1. The van der Waals surface area contributed by atoms with E-state index in [2.05, 4.69) is 10.2 Å². The zero-order valence-corrected chi connectivity index (χ0v) is 10.5. The molecule has 0 amide bonds. The lowest BCUT2D eigenvalue weighted by molar-refractivity contribution is 0.590. The molecule has 4 heteroatoms. The Morgan fingerprint density at radius 1 is 1.31 bits per heavy atom. The third kappa shape index (κ3) is 2.03. The topological polar surface area (TPSA) is 15.3 Å². The number of hydrogen-bond acceptors (Lipinski definition) is 3. The summed E-state index contributed by atoms with van der Waals surface area (Å²) < 4.78 is 17.0. The molecular weight excluding hydrogens is 240 g/mol. The summed E-state index contributed by atoms with van der Waals surface area (Å²) in [4.78, 5) is 2.26. The van der Waals surface area contributed by atoms with Gasteiger partial charge in [-0.1, -0.05) is 6.07 Å². The summed E-state index contributed by atoms with van der Waals surface area (Å²) in [5, 5.41) is 6.39. The molecule has 1 aliphatic heterocycles. The van der Waals surface area contributed by atoms with E-state index in [9.17, 15) is 0 Å². The molecule has 1 N–H and O–H groups in total. The Kier molecular flexibility index (Phi) is 2.92. The number of nitrogens with one attached hydrogen (secondary N) is 1. The zero-order valence-electron chi connectivity index (χ0n) is 10.8. The summed E-state index contributed by atoms with van der Waals surface area (Å²) in [7, 11) is 0. The van der Waals surface area contributed by atoms with Crippen LogP contribution in [0.25, 0.3) is 10.1 Å². The predicted octanol–water partition coefficient (Wildman–Crippen LogP) is 2.73. The normalized spacial score (nSPS) is 17.9. The number of hydrogen-bond donors (Lipinski definition) is 1. The lowest BCUT2D eigenvalue weighted by Gasteiger charge is -2.30. The summed E-state index contributed by atoms with van der Waals surface area (Å²) in [6, 6.07) is 4.64. The van der Waals surface area contributed by atoms with Gasteiger partial charge in [0.25, 0.3) is 0 Å². The Bertz CT molecular complexity index is 552. The van der Waals surface area contributed by atoms with E-state index in [4.69, 9.17) is 2.74 Å². The van der Waals surface area contributed by atoms with Gasteiger partial charge >= 0.3 is 0 Å². The molecule has 1 aromatic heterocycles. The summed E-state index contributed by atoms with van der Waals surface area (Å²) in [6.45, 7) is 3.81. The minimum Gasteiger partial charge on any atom is -0.368 e. The van der Waals surface area contributed by atoms with Gasteiger partial charge in [0.1, 0.15) is 0 Å². The number of nitrogens with zero attached hydrogens (tertiary/aromatic N) is 1. The fraction of sp³-hybridized carbons (Fsp3) is 0.333. The lowest BCUT2D eigenvalue weighted by atomic mass is 10.2. The predicted molar refractivity (Wildman–Crippen MR) is 74.2 cm³/mol. The number of benzene rings is 1. The van der Waals surface area contributed by atoms with Gasteiger partial charge in [0, 0.05) is 42.0 Å². The van der Waals surface area contributed by atoms with E-state index in [0.717, 1.165) is 42.0 Å². The molecule has 3 rings (SSSR count). The molecule has 1 aromatic carbocycles. The van der Waals surface area contributed by atoms with Crippen molar-refractivity contribution in [3.8, 4) is 0 Å². The van der Waals surface area contributed by atoms with Gasteiger partial charge < -0.3 is 10.2 Å². The minimum atomic E-state index is 0. The SMILES string of the molecule is Cl.[2H]c1cc([2H])c2sccc2c1N1CCNCC1. The summed E-state index contributed by atoms with van der Waals surface area (Å²) >= 11 is 1.59. The second-order valence-corrected chi connectivity index (χ2v) is 4.60. The van der Waals surface area contributed by atoms with Gasteiger partial charge in [-0.2, -0.15) is 0 Å². The van der Waals surface area contributed by atoms with Crippen LogP contribution in [0.3, 0.4) is 0 Å². The Morgan fingerprint density at radius 3 is 2.94 bits per heavy atom. The second kappa shape index (κ2) is 5.04. The standard InChI is InChI=1S/C12H14N2S.ClH/c1-2-11(14-7-5-13-6-8-14)10-4-9-15-12(10)3-1;/h1-4,9,13H,5-8H2;1H/i2D,3D;. The molecule has 2 heterocycles. The van der Waals surface area contributed by atoms with Crippen LogP contribution in [0, 0.1) is 0 Å². The lowest BCUT2D eigenvalue weighted by Crippen LogP contribution is -2.43. The molecule has 0 unspecified atom stereocenters. The van der Waals surface area contributed by atoms with Crippen LogP contribution in [0.15, 0.2) is 29.6 Å². The Labute approximate surface area is 108 Å². The molecule has 0 aliphatic carbocycles. The quantitative estimate of drug-likeness (QED) is 0.844. The molecule has 0 saturated carbocycles. The summed E-state index contributed by atoms with van der Waals surface area (Å²) in [5.74, 6) is 0. The minimum absolute atomic E-state index is 0. The van der Waals surface area contributed by atoms with Gasteiger partial charge in [0.2, 0.25) is 0 Å². The van der Waals surface area contributed by atoms with Gasteiger partial charge in [0.15, 0.2) is 0 Å². The average molecular weight is 257 g/mol. The number of thiophene rings is 1. The van der Waals surface area contributed by atoms with E-state index in [1.165, 1.54) is 0 Å². The molecule has 1 fully saturated rings. The van der Waals surface area contributed by atoms with Crippen LogP contribution in [0.1, 0.15) is 2.74 Å². The molecule has 2 aromatic rings. The number of piperazine rings is 1. The fourth-order valence-electron chi connectivity index (χ4n) is 2.01. The Balaban J connectivity index is 0.00000120. The van der Waals surface area contributed by atoms with Crippen molar-refractivity contribution in [3.05, 3.63) is 29.6 Å². The van der Waals surface area contributed by atoms with Gasteiger partial charge in [0.05, 0.1) is 2.74 Å². The van der Waals surface area contributed by atoms with Crippen molar-refractivity contribution < 1.29 is 2.74 Å². The first-order chi connectivity index (χ1) is 8.27. The van der Waals surface area contributed by atoms with Crippen LogP contribution in [0.5, 0.6) is 0 Å². The monoisotopic (exact) mass is 256 g/mol. The van der Waals surface area contributed by atoms with Gasteiger partial charge in [-0.3, -0.25) is 0 Å². The van der Waals surface area contributed by atoms with E-state index in [0.29, 0.717) is 12.1 Å². The first kappa shape index (κ1) is 9.28. The highest BCUT2D eigenvalue weighted by atomic mass is 35.5. The van der Waals surface area contributed by atoms with E-state index in [-0.39, 0.29) is 12.4 Å². The van der Waals surface area contributed by atoms with E-state index < -0.39 is 0 Å². The fourth-order valence-corrected chi connectivity index (χ4v) is 2.76. The van der Waals surface area contributed by atoms with Crippen molar-refractivity contribution in [2.75, 3.05) is 31.1 Å². The maximum absolute atomic E-state index is 8.09. The van der Waals surface area contributed by atoms with Crippen molar-refractivity contribution in [2.24, 2.45) is 0 Å². The van der Waals surface area contributed by atoms with Gasteiger partial charge in [-0.05, 0) is 23.5 Å². The van der Waals surface area contributed by atoms with Gasteiger partial charge in [-0.15, -0.1) is 23.7 Å². The summed E-state index contributed by atoms with van der Waals surface area (Å²) in [5.41, 5.74) is 0.999. The van der Waals surface area contributed by atoms with Crippen molar-refractivity contribution >= 4 is 39.5 Å². The van der Waals surface area contributed by atoms with E-state index in [1.807, 2.05) is 11.4 Å². The van der Waals surface area contributed by atoms with Crippen molar-refractivity contribution in [1.29, 1.82) is 0 Å². The molecule has 16 heavy (non-hydrogen) atoms. The third-order valence-corrected chi connectivity index (χ3v) is 3.61. The van der Waals surface area contributed by atoms with Crippen LogP contribution >= 0.6 is 23.7 Å². The molecule has 0 bridgehead atoms. The van der Waals surface area contributed by atoms with Crippen molar-refractivity contribution in [3.63, 3.8) is 0 Å². The van der Waals surface area contributed by atoms with Crippen LogP contribution in [-0.2, 0) is 0 Å². The smallest absolute Gasteiger partial charge is 0.0645 e. The maximum atomic E-state index is 8.09. The maximum Gasteiger partial charge on any atom is 0.0645 e. The molecule has 2 nitrogen and oxygen atoms in total. The summed E-state index contributed by atoms with van der Waals surface area (Å²) in [6.07, 6.45) is 0. The highest BCUT2D eigenvalue weighted by molar-refractivity contribution is 7.17. The molecule has 0 atom stereocenters. The zero-order chi connectivity index (χ0) is 11.8. The third-order valence-electron chi connectivity index (χ3n) is 2.77. The largest absolute Gasteiger partial charge is 0.368 e.